The summed E-state index contributed by atoms with van der Waals surface area (Å²) in [6, 6.07) is 2.66. The highest BCUT2D eigenvalue weighted by Crippen LogP contribution is 2.21. The molecule has 1 unspecified atom stereocenters. The average molecular weight is 267 g/mol. The van der Waals surface area contributed by atoms with Gasteiger partial charge in [0.05, 0.1) is 0 Å². The molecule has 1 aliphatic heterocycles. The molecule has 1 N–H and O–H groups in total. The Balaban J connectivity index is 1.81. The van der Waals surface area contributed by atoms with Crippen LogP contribution in [-0.4, -0.2) is 35.1 Å². The molecule has 0 spiro atoms. The molecule has 1 aliphatic rings. The second kappa shape index (κ2) is 6.90. The summed E-state index contributed by atoms with van der Waals surface area (Å²) in [6.07, 6.45) is 5.87. The lowest BCUT2D eigenvalue weighted by molar-refractivity contribution is -0.137. The lowest BCUT2D eigenvalue weighted by Crippen LogP contribution is -2.40. The summed E-state index contributed by atoms with van der Waals surface area (Å²) in [5.41, 5.74) is 1.41. The monoisotopic (exact) mass is 267 g/mol. The van der Waals surface area contributed by atoms with Crippen LogP contribution in [0.25, 0.3) is 0 Å². The number of nitrogens with zero attached hydrogens (tertiary/aromatic N) is 1. The first-order valence-corrected chi connectivity index (χ1v) is 7.67. The van der Waals surface area contributed by atoms with Crippen LogP contribution < -0.4 is 0 Å². The number of aliphatic carboxylic acids is 1. The second-order valence-corrected chi connectivity index (χ2v) is 5.78. The van der Waals surface area contributed by atoms with Gasteiger partial charge >= 0.3 is 5.97 Å². The number of carboxylic acid groups (broad SMARTS) is 1. The fraction of sp³-hybridized carbons (Fsp3) is 0.643. The standard InChI is InChI=1S/C14H21NO2S/c16-14(17)5-4-13-3-1-2-8-15(13)9-6-12-7-10-18-11-12/h7,10-11,13H,1-6,8-9H2,(H,16,17). The molecule has 100 valence electrons. The van der Waals surface area contributed by atoms with Crippen LogP contribution >= 0.6 is 11.3 Å². The van der Waals surface area contributed by atoms with E-state index in [-0.39, 0.29) is 0 Å². The zero-order valence-corrected chi connectivity index (χ0v) is 11.5. The molecule has 1 aromatic heterocycles. The molecule has 0 aromatic carbocycles. The van der Waals surface area contributed by atoms with E-state index in [0.717, 1.165) is 32.4 Å². The van der Waals surface area contributed by atoms with Crippen LogP contribution in [0, 0.1) is 0 Å². The van der Waals surface area contributed by atoms with Gasteiger partial charge in [0, 0.05) is 19.0 Å². The van der Waals surface area contributed by atoms with Crippen LogP contribution in [0.1, 0.15) is 37.7 Å². The Labute approximate surface area is 112 Å². The van der Waals surface area contributed by atoms with Crippen molar-refractivity contribution in [2.45, 2.75) is 44.6 Å². The van der Waals surface area contributed by atoms with E-state index in [1.165, 1.54) is 18.4 Å². The van der Waals surface area contributed by atoms with Crippen molar-refractivity contribution in [1.29, 1.82) is 0 Å². The summed E-state index contributed by atoms with van der Waals surface area (Å²) in [7, 11) is 0. The van der Waals surface area contributed by atoms with Gasteiger partial charge in [-0.15, -0.1) is 0 Å². The van der Waals surface area contributed by atoms with Crippen LogP contribution in [0.4, 0.5) is 0 Å². The van der Waals surface area contributed by atoms with Crippen molar-refractivity contribution in [2.75, 3.05) is 13.1 Å². The third-order valence-electron chi connectivity index (χ3n) is 3.71. The van der Waals surface area contributed by atoms with E-state index < -0.39 is 5.97 Å². The third-order valence-corrected chi connectivity index (χ3v) is 4.44. The van der Waals surface area contributed by atoms with Crippen molar-refractivity contribution in [3.63, 3.8) is 0 Å². The number of hydrogen-bond donors (Lipinski definition) is 1. The minimum Gasteiger partial charge on any atom is -0.481 e. The molecule has 1 atom stereocenters. The predicted octanol–water partition coefficient (Wildman–Crippen LogP) is 3.01. The number of rotatable bonds is 6. The summed E-state index contributed by atoms with van der Waals surface area (Å²) in [5.74, 6) is -0.668. The van der Waals surface area contributed by atoms with Crippen LogP contribution in [-0.2, 0) is 11.2 Å². The molecule has 4 heteroatoms. The summed E-state index contributed by atoms with van der Waals surface area (Å²) in [4.78, 5) is 13.2. The van der Waals surface area contributed by atoms with E-state index in [1.807, 2.05) is 0 Å². The molecule has 0 bridgehead atoms. The van der Waals surface area contributed by atoms with Crippen LogP contribution in [0.5, 0.6) is 0 Å². The van der Waals surface area contributed by atoms with Crippen LogP contribution in [0.2, 0.25) is 0 Å². The Hall–Kier alpha value is -0.870. The van der Waals surface area contributed by atoms with Gasteiger partial charge in [0.1, 0.15) is 0 Å². The van der Waals surface area contributed by atoms with Gasteiger partial charge in [-0.1, -0.05) is 6.42 Å². The van der Waals surface area contributed by atoms with Crippen molar-refractivity contribution >= 4 is 17.3 Å². The molecule has 0 amide bonds. The van der Waals surface area contributed by atoms with E-state index in [0.29, 0.717) is 12.5 Å². The molecule has 3 nitrogen and oxygen atoms in total. The maximum atomic E-state index is 10.7. The fourth-order valence-corrected chi connectivity index (χ4v) is 3.38. The Bertz CT molecular complexity index is 364. The van der Waals surface area contributed by atoms with Crippen molar-refractivity contribution in [3.05, 3.63) is 22.4 Å². The lowest BCUT2D eigenvalue weighted by Gasteiger charge is -2.35. The number of thiophene rings is 1. The number of piperidine rings is 1. The maximum absolute atomic E-state index is 10.7. The molecule has 1 saturated heterocycles. The average Bonchev–Trinajstić information content (AvgIpc) is 2.88. The molecule has 2 rings (SSSR count). The zero-order chi connectivity index (χ0) is 12.8. The minimum atomic E-state index is -0.668. The molecule has 1 fully saturated rings. The number of carbonyl (C=O) groups is 1. The van der Waals surface area contributed by atoms with Gasteiger partial charge in [-0.3, -0.25) is 4.79 Å². The largest absolute Gasteiger partial charge is 0.481 e. The van der Waals surface area contributed by atoms with Crippen molar-refractivity contribution in [3.8, 4) is 0 Å². The highest BCUT2D eigenvalue weighted by atomic mass is 32.1. The molecule has 18 heavy (non-hydrogen) atoms. The normalized spacial score (nSPS) is 21.0. The van der Waals surface area contributed by atoms with Gasteiger partial charge in [-0.05, 0) is 54.6 Å². The van der Waals surface area contributed by atoms with Crippen molar-refractivity contribution in [2.24, 2.45) is 0 Å². The molecule has 1 aromatic rings. The van der Waals surface area contributed by atoms with E-state index >= 15 is 0 Å². The van der Waals surface area contributed by atoms with Crippen LogP contribution in [0.15, 0.2) is 16.8 Å². The minimum absolute atomic E-state index is 0.305. The Morgan fingerprint density at radius 3 is 3.11 bits per heavy atom. The van der Waals surface area contributed by atoms with Gasteiger partial charge < -0.3 is 10.0 Å². The molecule has 0 saturated carbocycles. The molecule has 0 radical (unpaired) electrons. The molecular weight excluding hydrogens is 246 g/mol. The summed E-state index contributed by atoms with van der Waals surface area (Å²) >= 11 is 1.74. The molecule has 2 heterocycles. The second-order valence-electron chi connectivity index (χ2n) is 5.00. The highest BCUT2D eigenvalue weighted by molar-refractivity contribution is 7.07. The third kappa shape index (κ3) is 4.10. The van der Waals surface area contributed by atoms with E-state index in [9.17, 15) is 4.79 Å². The first kappa shape index (κ1) is 13.6. The molecule has 0 aliphatic carbocycles. The van der Waals surface area contributed by atoms with Gasteiger partial charge in [-0.25, -0.2) is 0 Å². The Kier molecular flexibility index (Phi) is 5.20. The predicted molar refractivity (Wildman–Crippen MR) is 74.1 cm³/mol. The van der Waals surface area contributed by atoms with Gasteiger partial charge in [-0.2, -0.15) is 11.3 Å². The number of hydrogen-bond acceptors (Lipinski definition) is 3. The van der Waals surface area contributed by atoms with E-state index in [4.69, 9.17) is 5.11 Å². The van der Waals surface area contributed by atoms with Gasteiger partial charge in [0.15, 0.2) is 0 Å². The zero-order valence-electron chi connectivity index (χ0n) is 10.7. The first-order chi connectivity index (χ1) is 8.75. The van der Waals surface area contributed by atoms with Crippen molar-refractivity contribution in [1.82, 2.24) is 4.90 Å². The lowest BCUT2D eigenvalue weighted by atomic mass is 9.97. The quantitative estimate of drug-likeness (QED) is 0.861. The van der Waals surface area contributed by atoms with E-state index in [2.05, 4.69) is 21.7 Å². The van der Waals surface area contributed by atoms with Crippen molar-refractivity contribution < 1.29 is 9.90 Å². The number of likely N-dealkylation sites (tertiary alicyclic amines) is 1. The SMILES string of the molecule is O=C(O)CCC1CCCCN1CCc1ccsc1. The van der Waals surface area contributed by atoms with Crippen LogP contribution in [0.3, 0.4) is 0 Å². The highest BCUT2D eigenvalue weighted by Gasteiger charge is 2.22. The number of carboxylic acids is 1. The summed E-state index contributed by atoms with van der Waals surface area (Å²) < 4.78 is 0. The fourth-order valence-electron chi connectivity index (χ4n) is 2.68. The maximum Gasteiger partial charge on any atom is 0.303 e. The van der Waals surface area contributed by atoms with E-state index in [1.54, 1.807) is 11.3 Å². The molecular formula is C14H21NO2S. The summed E-state index contributed by atoms with van der Waals surface area (Å²) in [5, 5.41) is 13.1. The smallest absolute Gasteiger partial charge is 0.303 e. The Morgan fingerprint density at radius 1 is 1.50 bits per heavy atom. The topological polar surface area (TPSA) is 40.5 Å². The summed E-state index contributed by atoms with van der Waals surface area (Å²) in [6.45, 7) is 2.20. The first-order valence-electron chi connectivity index (χ1n) is 6.72. The van der Waals surface area contributed by atoms with Gasteiger partial charge in [0.25, 0.3) is 0 Å². The Morgan fingerprint density at radius 2 is 2.39 bits per heavy atom. The van der Waals surface area contributed by atoms with Gasteiger partial charge in [0.2, 0.25) is 0 Å².